The summed E-state index contributed by atoms with van der Waals surface area (Å²) in [5.74, 6) is 0.981. The van der Waals surface area contributed by atoms with Crippen molar-refractivity contribution in [1.29, 1.82) is 0 Å². The summed E-state index contributed by atoms with van der Waals surface area (Å²) in [7, 11) is 1.76. The van der Waals surface area contributed by atoms with E-state index < -0.39 is 0 Å². The molecule has 0 spiro atoms. The van der Waals surface area contributed by atoms with Crippen molar-refractivity contribution in [3.8, 4) is 0 Å². The van der Waals surface area contributed by atoms with Crippen LogP contribution in [-0.4, -0.2) is 45.2 Å². The Kier molecular flexibility index (Phi) is 11.3. The number of amides is 1. The molecule has 1 aromatic rings. The maximum absolute atomic E-state index is 11.8. The molecule has 1 saturated heterocycles. The topological polar surface area (TPSA) is 66.0 Å². The first kappa shape index (κ1) is 22.7. The van der Waals surface area contributed by atoms with Crippen LogP contribution in [-0.2, 0) is 16.1 Å². The van der Waals surface area contributed by atoms with E-state index in [0.29, 0.717) is 19.6 Å². The van der Waals surface area contributed by atoms with E-state index in [0.717, 1.165) is 56.2 Å². The van der Waals surface area contributed by atoms with Crippen molar-refractivity contribution < 1.29 is 9.53 Å². The molecule has 0 bridgehead atoms. The molecule has 0 aliphatic carbocycles. The number of nitrogens with zero attached hydrogens (tertiary/aromatic N) is 2. The third-order valence-electron chi connectivity index (χ3n) is 4.19. The second-order valence-corrected chi connectivity index (χ2v) is 6.13. The fraction of sp³-hybridized carbons (Fsp3) is 0.579. The van der Waals surface area contributed by atoms with Gasteiger partial charge in [0.25, 0.3) is 0 Å². The Balaban J connectivity index is 0.00000338. The number of nitrogens with one attached hydrogen (secondary N) is 2. The highest BCUT2D eigenvalue weighted by Crippen LogP contribution is 2.21. The van der Waals surface area contributed by atoms with Crippen LogP contribution in [0.1, 0.15) is 38.2 Å². The zero-order valence-electron chi connectivity index (χ0n) is 15.8. The second-order valence-electron chi connectivity index (χ2n) is 6.13. The first-order valence-electron chi connectivity index (χ1n) is 9.16. The van der Waals surface area contributed by atoms with Gasteiger partial charge in [-0.3, -0.25) is 9.79 Å². The molecule has 1 aliphatic heterocycles. The Morgan fingerprint density at radius 1 is 1.23 bits per heavy atom. The van der Waals surface area contributed by atoms with Gasteiger partial charge in [-0.05, 0) is 30.5 Å². The van der Waals surface area contributed by atoms with Crippen LogP contribution in [0.5, 0.6) is 0 Å². The van der Waals surface area contributed by atoms with E-state index in [9.17, 15) is 4.79 Å². The monoisotopic (exact) mass is 474 g/mol. The predicted octanol–water partition coefficient (Wildman–Crippen LogP) is 2.91. The van der Waals surface area contributed by atoms with Gasteiger partial charge < -0.3 is 20.3 Å². The number of hydrogen-bond acceptors (Lipinski definition) is 3. The average Bonchev–Trinajstić information content (AvgIpc) is 3.07. The Morgan fingerprint density at radius 2 is 2.00 bits per heavy atom. The molecule has 1 amide bonds. The molecule has 6 nitrogen and oxygen atoms in total. The number of halogens is 1. The third-order valence-corrected chi connectivity index (χ3v) is 4.19. The molecule has 26 heavy (non-hydrogen) atoms. The first-order valence-corrected chi connectivity index (χ1v) is 9.16. The van der Waals surface area contributed by atoms with Gasteiger partial charge in [-0.25, -0.2) is 0 Å². The van der Waals surface area contributed by atoms with E-state index >= 15 is 0 Å². The smallest absolute Gasteiger partial charge is 0.227 e. The van der Waals surface area contributed by atoms with E-state index in [4.69, 9.17) is 4.74 Å². The maximum atomic E-state index is 11.8. The Labute approximate surface area is 173 Å². The zero-order chi connectivity index (χ0) is 17.9. The minimum Gasteiger partial charge on any atom is -0.380 e. The van der Waals surface area contributed by atoms with Crippen molar-refractivity contribution in [2.75, 3.05) is 38.3 Å². The normalized spacial score (nSPS) is 14.3. The fourth-order valence-electron chi connectivity index (χ4n) is 2.71. The van der Waals surface area contributed by atoms with Gasteiger partial charge in [0, 0.05) is 45.4 Å². The molecule has 1 fully saturated rings. The number of carbonyl (C=O) groups excluding carboxylic acids is 1. The molecule has 0 saturated carbocycles. The summed E-state index contributed by atoms with van der Waals surface area (Å²) in [6.07, 6.45) is 3.87. The van der Waals surface area contributed by atoms with Crippen molar-refractivity contribution in [2.24, 2.45) is 4.99 Å². The number of unbranched alkanes of at least 4 members (excludes halogenated alkanes) is 1. The standard InChI is InChI=1S/C19H30N4O2.HI/c1-3-4-13-25-14-11-21-19(20-2)22-15-16-7-9-17(10-8-16)23-12-5-6-18(23)24;/h7-10H,3-6,11-15H2,1-2H3,(H2,20,21,22);1H. The Morgan fingerprint density at radius 3 is 2.62 bits per heavy atom. The summed E-state index contributed by atoms with van der Waals surface area (Å²) >= 11 is 0. The van der Waals surface area contributed by atoms with E-state index in [1.807, 2.05) is 17.0 Å². The SMILES string of the molecule is CCCCOCCNC(=NC)NCc1ccc(N2CCCC2=O)cc1.I. The van der Waals surface area contributed by atoms with Crippen molar-refractivity contribution in [3.63, 3.8) is 0 Å². The molecule has 1 aliphatic rings. The van der Waals surface area contributed by atoms with E-state index in [2.05, 4.69) is 34.7 Å². The van der Waals surface area contributed by atoms with Crippen LogP contribution < -0.4 is 15.5 Å². The molecule has 2 N–H and O–H groups in total. The lowest BCUT2D eigenvalue weighted by molar-refractivity contribution is -0.117. The number of anilines is 1. The molecule has 7 heteroatoms. The Hall–Kier alpha value is -1.35. The van der Waals surface area contributed by atoms with Crippen molar-refractivity contribution in [2.45, 2.75) is 39.2 Å². The van der Waals surface area contributed by atoms with Gasteiger partial charge in [0.1, 0.15) is 0 Å². The maximum Gasteiger partial charge on any atom is 0.227 e. The molecule has 0 unspecified atom stereocenters. The molecule has 0 radical (unpaired) electrons. The molecule has 1 heterocycles. The lowest BCUT2D eigenvalue weighted by Crippen LogP contribution is -2.38. The van der Waals surface area contributed by atoms with Crippen molar-refractivity contribution >= 4 is 41.5 Å². The molecule has 0 aromatic heterocycles. The van der Waals surface area contributed by atoms with E-state index in [1.54, 1.807) is 7.05 Å². The first-order chi connectivity index (χ1) is 12.2. The number of guanidine groups is 1. The summed E-state index contributed by atoms with van der Waals surface area (Å²) < 4.78 is 5.52. The molecular formula is C19H31IN4O2. The second kappa shape index (κ2) is 12.9. The number of benzene rings is 1. The molecule has 1 aromatic carbocycles. The number of carbonyl (C=O) groups is 1. The molecule has 2 rings (SSSR count). The molecular weight excluding hydrogens is 443 g/mol. The van der Waals surface area contributed by atoms with Gasteiger partial charge in [-0.1, -0.05) is 25.5 Å². The number of ether oxygens (including phenoxy) is 1. The van der Waals surface area contributed by atoms with E-state index in [1.165, 1.54) is 0 Å². The minimum absolute atomic E-state index is 0. The predicted molar refractivity (Wildman–Crippen MR) is 117 cm³/mol. The Bertz CT molecular complexity index is 563. The van der Waals surface area contributed by atoms with Crippen molar-refractivity contribution in [1.82, 2.24) is 10.6 Å². The van der Waals surface area contributed by atoms with Crippen LogP contribution in [0.25, 0.3) is 0 Å². The third kappa shape index (κ3) is 7.49. The van der Waals surface area contributed by atoms with Crippen LogP contribution >= 0.6 is 24.0 Å². The summed E-state index contributed by atoms with van der Waals surface area (Å²) in [6, 6.07) is 8.13. The summed E-state index contributed by atoms with van der Waals surface area (Å²) in [6.45, 7) is 5.90. The zero-order valence-corrected chi connectivity index (χ0v) is 18.1. The quantitative estimate of drug-likeness (QED) is 0.250. The minimum atomic E-state index is 0. The van der Waals surface area contributed by atoms with Crippen LogP contribution in [0.4, 0.5) is 5.69 Å². The van der Waals surface area contributed by atoms with Gasteiger partial charge >= 0.3 is 0 Å². The van der Waals surface area contributed by atoms with Crippen molar-refractivity contribution in [3.05, 3.63) is 29.8 Å². The highest BCUT2D eigenvalue weighted by molar-refractivity contribution is 14.0. The number of rotatable bonds is 9. The molecule has 0 atom stereocenters. The van der Waals surface area contributed by atoms with Gasteiger partial charge in [-0.2, -0.15) is 0 Å². The van der Waals surface area contributed by atoms with E-state index in [-0.39, 0.29) is 29.9 Å². The summed E-state index contributed by atoms with van der Waals surface area (Å²) in [4.78, 5) is 17.8. The van der Waals surface area contributed by atoms with Gasteiger partial charge in [0.2, 0.25) is 5.91 Å². The van der Waals surface area contributed by atoms with Gasteiger partial charge in [0.15, 0.2) is 5.96 Å². The highest BCUT2D eigenvalue weighted by atomic mass is 127. The lowest BCUT2D eigenvalue weighted by Gasteiger charge is -2.16. The number of aliphatic imine (C=N–C) groups is 1. The fourth-order valence-corrected chi connectivity index (χ4v) is 2.71. The van der Waals surface area contributed by atoms with Crippen LogP contribution in [0.3, 0.4) is 0 Å². The number of hydrogen-bond donors (Lipinski definition) is 2. The summed E-state index contributed by atoms with van der Waals surface area (Å²) in [5.41, 5.74) is 2.13. The van der Waals surface area contributed by atoms with Crippen LogP contribution in [0, 0.1) is 0 Å². The van der Waals surface area contributed by atoms with Crippen LogP contribution in [0.15, 0.2) is 29.3 Å². The van der Waals surface area contributed by atoms with Gasteiger partial charge in [0.05, 0.1) is 6.61 Å². The summed E-state index contributed by atoms with van der Waals surface area (Å²) in [5, 5.41) is 6.53. The molecule has 146 valence electrons. The van der Waals surface area contributed by atoms with Crippen LogP contribution in [0.2, 0.25) is 0 Å². The highest BCUT2D eigenvalue weighted by Gasteiger charge is 2.21. The largest absolute Gasteiger partial charge is 0.380 e. The average molecular weight is 474 g/mol. The van der Waals surface area contributed by atoms with Gasteiger partial charge in [-0.15, -0.1) is 24.0 Å². The lowest BCUT2D eigenvalue weighted by atomic mass is 10.2.